The summed E-state index contributed by atoms with van der Waals surface area (Å²) in [6.45, 7) is 7.98. The van der Waals surface area contributed by atoms with E-state index in [1.807, 2.05) is 7.11 Å². The van der Waals surface area contributed by atoms with Crippen molar-refractivity contribution in [2.24, 2.45) is 11.7 Å². The van der Waals surface area contributed by atoms with Gasteiger partial charge in [0.2, 0.25) is 0 Å². The van der Waals surface area contributed by atoms with E-state index in [1.165, 1.54) is 32.4 Å². The van der Waals surface area contributed by atoms with Crippen molar-refractivity contribution in [1.82, 2.24) is 4.90 Å². The second-order valence-electron chi connectivity index (χ2n) is 5.42. The molecule has 0 aromatic carbocycles. The number of nitrogens with zero attached hydrogens (tertiary/aromatic N) is 1. The summed E-state index contributed by atoms with van der Waals surface area (Å²) in [7, 11) is 1.82. The molecule has 1 fully saturated rings. The van der Waals surface area contributed by atoms with E-state index in [9.17, 15) is 0 Å². The Hall–Kier alpha value is -0.120. The van der Waals surface area contributed by atoms with Crippen LogP contribution in [0.25, 0.3) is 0 Å². The molecule has 1 saturated heterocycles. The molecule has 0 saturated carbocycles. The third-order valence-electron chi connectivity index (χ3n) is 3.49. The van der Waals surface area contributed by atoms with Crippen molar-refractivity contribution in [3.8, 4) is 0 Å². The number of rotatable bonds is 7. The summed E-state index contributed by atoms with van der Waals surface area (Å²) in [4.78, 5) is 2.53. The lowest BCUT2D eigenvalue weighted by molar-refractivity contribution is 0.106. The van der Waals surface area contributed by atoms with Gasteiger partial charge in [0.05, 0.1) is 6.10 Å². The number of ether oxygens (including phenoxy) is 1. The van der Waals surface area contributed by atoms with E-state index in [1.54, 1.807) is 0 Å². The molecule has 96 valence electrons. The van der Waals surface area contributed by atoms with Crippen LogP contribution in [0.5, 0.6) is 0 Å². The fraction of sp³-hybridized carbons (Fsp3) is 1.00. The Labute approximate surface area is 100 Å². The van der Waals surface area contributed by atoms with Crippen LogP contribution in [0, 0.1) is 5.92 Å². The standard InChI is InChI=1S/C13H28N2O/c1-11(5-4-6-12(2)14)9-15-8-7-13(10-15)16-3/h11-13H,4-10,14H2,1-3H3. The first kappa shape index (κ1) is 13.9. The molecule has 16 heavy (non-hydrogen) atoms. The van der Waals surface area contributed by atoms with Crippen molar-refractivity contribution >= 4 is 0 Å². The van der Waals surface area contributed by atoms with Crippen LogP contribution in [0.4, 0.5) is 0 Å². The molecule has 3 heteroatoms. The van der Waals surface area contributed by atoms with Crippen LogP contribution in [0.1, 0.15) is 39.5 Å². The summed E-state index contributed by atoms with van der Waals surface area (Å²) in [6.07, 6.45) is 5.39. The van der Waals surface area contributed by atoms with Crippen molar-refractivity contribution < 1.29 is 4.74 Å². The number of hydrogen-bond acceptors (Lipinski definition) is 3. The van der Waals surface area contributed by atoms with Gasteiger partial charge in [-0.25, -0.2) is 0 Å². The highest BCUT2D eigenvalue weighted by atomic mass is 16.5. The highest BCUT2D eigenvalue weighted by molar-refractivity contribution is 4.77. The van der Waals surface area contributed by atoms with Gasteiger partial charge < -0.3 is 15.4 Å². The largest absolute Gasteiger partial charge is 0.380 e. The summed E-state index contributed by atoms with van der Waals surface area (Å²) in [5.74, 6) is 0.786. The van der Waals surface area contributed by atoms with Crippen molar-refractivity contribution in [3.63, 3.8) is 0 Å². The molecule has 2 N–H and O–H groups in total. The molecular weight excluding hydrogens is 200 g/mol. The van der Waals surface area contributed by atoms with E-state index >= 15 is 0 Å². The lowest BCUT2D eigenvalue weighted by Crippen LogP contribution is -2.28. The highest BCUT2D eigenvalue weighted by Gasteiger charge is 2.22. The van der Waals surface area contributed by atoms with Crippen molar-refractivity contribution in [1.29, 1.82) is 0 Å². The fourth-order valence-electron chi connectivity index (χ4n) is 2.48. The van der Waals surface area contributed by atoms with Crippen molar-refractivity contribution in [2.45, 2.75) is 51.7 Å². The lowest BCUT2D eigenvalue weighted by atomic mass is 10.0. The first-order valence-corrected chi connectivity index (χ1v) is 6.62. The molecule has 0 spiro atoms. The minimum Gasteiger partial charge on any atom is -0.380 e. The van der Waals surface area contributed by atoms with Gasteiger partial charge in [-0.1, -0.05) is 13.3 Å². The minimum atomic E-state index is 0.358. The molecule has 0 aromatic rings. The maximum absolute atomic E-state index is 5.75. The summed E-state index contributed by atoms with van der Waals surface area (Å²) >= 11 is 0. The van der Waals surface area contributed by atoms with Crippen molar-refractivity contribution in [2.75, 3.05) is 26.7 Å². The van der Waals surface area contributed by atoms with Gasteiger partial charge in [0.25, 0.3) is 0 Å². The molecule has 1 heterocycles. The Bertz CT molecular complexity index is 185. The molecule has 1 rings (SSSR count). The zero-order valence-corrected chi connectivity index (χ0v) is 11.1. The molecule has 3 atom stereocenters. The molecule has 3 unspecified atom stereocenters. The van der Waals surface area contributed by atoms with Crippen LogP contribution in [0.3, 0.4) is 0 Å². The number of likely N-dealkylation sites (tertiary alicyclic amines) is 1. The number of methoxy groups -OCH3 is 1. The Kier molecular flexibility index (Phi) is 6.32. The van der Waals surface area contributed by atoms with Gasteiger partial charge in [0.15, 0.2) is 0 Å². The van der Waals surface area contributed by atoms with Gasteiger partial charge in [-0.05, 0) is 32.1 Å². The molecule has 1 aliphatic rings. The molecular formula is C13H28N2O. The van der Waals surface area contributed by atoms with Gasteiger partial charge in [-0.3, -0.25) is 0 Å². The average Bonchev–Trinajstić information content (AvgIpc) is 2.65. The summed E-state index contributed by atoms with van der Waals surface area (Å²) in [6, 6.07) is 0.358. The predicted octanol–water partition coefficient (Wildman–Crippen LogP) is 1.86. The van der Waals surface area contributed by atoms with Crippen LogP contribution in [-0.4, -0.2) is 43.8 Å². The first-order chi connectivity index (χ1) is 7.61. The Morgan fingerprint density at radius 2 is 2.12 bits per heavy atom. The molecule has 0 aromatic heterocycles. The van der Waals surface area contributed by atoms with E-state index in [0.29, 0.717) is 12.1 Å². The molecule has 0 aliphatic carbocycles. The van der Waals surface area contributed by atoms with Crippen LogP contribution in [-0.2, 0) is 4.74 Å². The quantitative estimate of drug-likeness (QED) is 0.723. The third kappa shape index (κ3) is 5.28. The van der Waals surface area contributed by atoms with Crippen LogP contribution < -0.4 is 5.73 Å². The van der Waals surface area contributed by atoms with E-state index < -0.39 is 0 Å². The average molecular weight is 228 g/mol. The van der Waals surface area contributed by atoms with Crippen LogP contribution in [0.15, 0.2) is 0 Å². The fourth-order valence-corrected chi connectivity index (χ4v) is 2.48. The molecule has 0 bridgehead atoms. The van der Waals surface area contributed by atoms with Crippen LogP contribution >= 0.6 is 0 Å². The summed E-state index contributed by atoms with van der Waals surface area (Å²) in [5, 5.41) is 0. The number of nitrogens with two attached hydrogens (primary N) is 1. The molecule has 0 radical (unpaired) electrons. The topological polar surface area (TPSA) is 38.5 Å². The Morgan fingerprint density at radius 1 is 1.38 bits per heavy atom. The molecule has 1 aliphatic heterocycles. The predicted molar refractivity (Wildman–Crippen MR) is 68.5 cm³/mol. The summed E-state index contributed by atoms with van der Waals surface area (Å²) < 4.78 is 5.38. The second kappa shape index (κ2) is 7.25. The summed E-state index contributed by atoms with van der Waals surface area (Å²) in [5.41, 5.74) is 5.75. The maximum atomic E-state index is 5.75. The zero-order chi connectivity index (χ0) is 12.0. The normalized spacial score (nSPS) is 25.9. The highest BCUT2D eigenvalue weighted by Crippen LogP contribution is 2.16. The van der Waals surface area contributed by atoms with Gasteiger partial charge >= 0.3 is 0 Å². The number of hydrogen-bond donors (Lipinski definition) is 1. The Balaban J connectivity index is 2.08. The lowest BCUT2D eigenvalue weighted by Gasteiger charge is -2.20. The van der Waals surface area contributed by atoms with Gasteiger partial charge in [0, 0.05) is 32.8 Å². The first-order valence-electron chi connectivity index (χ1n) is 6.62. The second-order valence-corrected chi connectivity index (χ2v) is 5.42. The van der Waals surface area contributed by atoms with E-state index in [4.69, 9.17) is 10.5 Å². The minimum absolute atomic E-state index is 0.358. The van der Waals surface area contributed by atoms with Gasteiger partial charge in [-0.15, -0.1) is 0 Å². The van der Waals surface area contributed by atoms with E-state index in [0.717, 1.165) is 18.9 Å². The molecule has 0 amide bonds. The monoisotopic (exact) mass is 228 g/mol. The van der Waals surface area contributed by atoms with Gasteiger partial charge in [-0.2, -0.15) is 0 Å². The van der Waals surface area contributed by atoms with E-state index in [-0.39, 0.29) is 0 Å². The SMILES string of the molecule is COC1CCN(CC(C)CCCC(C)N)C1. The maximum Gasteiger partial charge on any atom is 0.0710 e. The van der Waals surface area contributed by atoms with Gasteiger partial charge in [0.1, 0.15) is 0 Å². The zero-order valence-electron chi connectivity index (χ0n) is 11.1. The third-order valence-corrected chi connectivity index (χ3v) is 3.49. The Morgan fingerprint density at radius 3 is 2.69 bits per heavy atom. The smallest absolute Gasteiger partial charge is 0.0710 e. The van der Waals surface area contributed by atoms with E-state index in [2.05, 4.69) is 18.7 Å². The van der Waals surface area contributed by atoms with Crippen molar-refractivity contribution in [3.05, 3.63) is 0 Å². The molecule has 3 nitrogen and oxygen atoms in total. The van der Waals surface area contributed by atoms with Crippen LogP contribution in [0.2, 0.25) is 0 Å².